The predicted octanol–water partition coefficient (Wildman–Crippen LogP) is 0.167. The normalized spacial score (nSPS) is 16.2. The second-order valence-electron chi connectivity index (χ2n) is 2.64. The standard InChI is InChI=1S/C7H16N2O/c1-5(2)6(3)7(8,10)9-4/h9-10H,8H2,1-4H3. The van der Waals surface area contributed by atoms with Crippen molar-refractivity contribution in [2.24, 2.45) is 5.73 Å². The van der Waals surface area contributed by atoms with Crippen LogP contribution in [0.2, 0.25) is 0 Å². The SMILES string of the molecule is CNC(N)(O)C(C)=C(C)C. The van der Waals surface area contributed by atoms with Gasteiger partial charge in [0.05, 0.1) is 0 Å². The van der Waals surface area contributed by atoms with Crippen molar-refractivity contribution < 1.29 is 5.11 Å². The number of hydrogen-bond acceptors (Lipinski definition) is 3. The first-order chi connectivity index (χ1) is 4.41. The van der Waals surface area contributed by atoms with Gasteiger partial charge in [-0.1, -0.05) is 5.57 Å². The van der Waals surface area contributed by atoms with E-state index in [-0.39, 0.29) is 0 Å². The van der Waals surface area contributed by atoms with Crippen LogP contribution in [0.15, 0.2) is 11.1 Å². The fraction of sp³-hybridized carbons (Fsp3) is 0.714. The highest BCUT2D eigenvalue weighted by Crippen LogP contribution is 2.10. The van der Waals surface area contributed by atoms with Crippen LogP contribution < -0.4 is 11.1 Å². The molecule has 0 spiro atoms. The van der Waals surface area contributed by atoms with Crippen molar-refractivity contribution in [1.29, 1.82) is 0 Å². The highest BCUT2D eigenvalue weighted by atomic mass is 16.3. The fourth-order valence-electron chi connectivity index (χ4n) is 0.569. The molecule has 60 valence electrons. The van der Waals surface area contributed by atoms with Gasteiger partial charge in [0.1, 0.15) is 0 Å². The molecule has 0 aromatic rings. The molecule has 0 rings (SSSR count). The summed E-state index contributed by atoms with van der Waals surface area (Å²) >= 11 is 0. The molecule has 0 aliphatic heterocycles. The molecule has 0 radical (unpaired) electrons. The lowest BCUT2D eigenvalue weighted by molar-refractivity contribution is 0.0563. The van der Waals surface area contributed by atoms with Crippen LogP contribution in [0.4, 0.5) is 0 Å². The average Bonchev–Trinajstić information content (AvgIpc) is 1.86. The van der Waals surface area contributed by atoms with Crippen molar-refractivity contribution >= 4 is 0 Å². The molecule has 0 fully saturated rings. The Labute approximate surface area is 61.9 Å². The summed E-state index contributed by atoms with van der Waals surface area (Å²) in [4.78, 5) is 0. The highest BCUT2D eigenvalue weighted by molar-refractivity contribution is 5.15. The minimum absolute atomic E-state index is 0.759. The van der Waals surface area contributed by atoms with E-state index in [0.717, 1.165) is 11.1 Å². The van der Waals surface area contributed by atoms with Crippen molar-refractivity contribution in [2.45, 2.75) is 26.6 Å². The van der Waals surface area contributed by atoms with E-state index in [4.69, 9.17) is 5.73 Å². The average molecular weight is 144 g/mol. The third-order valence-electron chi connectivity index (χ3n) is 1.70. The first kappa shape index (κ1) is 9.62. The van der Waals surface area contributed by atoms with E-state index in [1.165, 1.54) is 0 Å². The van der Waals surface area contributed by atoms with Crippen molar-refractivity contribution in [3.8, 4) is 0 Å². The summed E-state index contributed by atoms with van der Waals surface area (Å²) in [5, 5.41) is 12.0. The molecule has 3 heteroatoms. The molecule has 1 atom stereocenters. The van der Waals surface area contributed by atoms with Crippen LogP contribution in [0.5, 0.6) is 0 Å². The number of nitrogens with one attached hydrogen (secondary N) is 1. The van der Waals surface area contributed by atoms with Crippen LogP contribution in [-0.4, -0.2) is 18.0 Å². The van der Waals surface area contributed by atoms with Gasteiger partial charge in [-0.25, -0.2) is 0 Å². The van der Waals surface area contributed by atoms with E-state index in [9.17, 15) is 5.11 Å². The van der Waals surface area contributed by atoms with E-state index >= 15 is 0 Å². The Kier molecular flexibility index (Phi) is 3.02. The molecule has 0 aromatic carbocycles. The van der Waals surface area contributed by atoms with E-state index in [1.54, 1.807) is 14.0 Å². The van der Waals surface area contributed by atoms with Gasteiger partial charge in [0, 0.05) is 0 Å². The maximum Gasteiger partial charge on any atom is 0.192 e. The molecule has 0 bridgehead atoms. The van der Waals surface area contributed by atoms with Crippen molar-refractivity contribution in [3.63, 3.8) is 0 Å². The zero-order chi connectivity index (χ0) is 8.36. The summed E-state index contributed by atoms with van der Waals surface area (Å²) in [5.41, 5.74) is 7.23. The summed E-state index contributed by atoms with van der Waals surface area (Å²) in [7, 11) is 1.62. The van der Waals surface area contributed by atoms with Gasteiger partial charge < -0.3 is 5.11 Å². The van der Waals surface area contributed by atoms with Crippen LogP contribution in [0.25, 0.3) is 0 Å². The maximum atomic E-state index is 9.37. The molecule has 0 aromatic heterocycles. The molecular weight excluding hydrogens is 128 g/mol. The quantitative estimate of drug-likeness (QED) is 0.382. The molecule has 0 saturated heterocycles. The lowest BCUT2D eigenvalue weighted by Gasteiger charge is -2.24. The third-order valence-corrected chi connectivity index (χ3v) is 1.70. The van der Waals surface area contributed by atoms with E-state index < -0.39 is 5.85 Å². The van der Waals surface area contributed by atoms with Gasteiger partial charge in [-0.05, 0) is 33.4 Å². The Morgan fingerprint density at radius 3 is 1.90 bits per heavy atom. The number of allylic oxidation sites excluding steroid dienone is 1. The minimum Gasteiger partial charge on any atom is -0.360 e. The molecule has 1 unspecified atom stereocenters. The smallest absolute Gasteiger partial charge is 0.192 e. The van der Waals surface area contributed by atoms with Crippen molar-refractivity contribution in [3.05, 3.63) is 11.1 Å². The summed E-state index contributed by atoms with van der Waals surface area (Å²) in [6.45, 7) is 5.61. The number of hydrogen-bond donors (Lipinski definition) is 3. The molecule has 0 saturated carbocycles. The number of likely N-dealkylation sites (N-methyl/N-ethyl adjacent to an activating group) is 1. The molecule has 10 heavy (non-hydrogen) atoms. The van der Waals surface area contributed by atoms with Gasteiger partial charge in [0.15, 0.2) is 5.85 Å². The van der Waals surface area contributed by atoms with Crippen LogP contribution in [0.1, 0.15) is 20.8 Å². The van der Waals surface area contributed by atoms with Gasteiger partial charge in [-0.2, -0.15) is 0 Å². The Hall–Kier alpha value is -0.380. The lowest BCUT2D eigenvalue weighted by Crippen LogP contribution is -2.52. The van der Waals surface area contributed by atoms with E-state index in [1.807, 2.05) is 13.8 Å². The highest BCUT2D eigenvalue weighted by Gasteiger charge is 2.20. The summed E-state index contributed by atoms with van der Waals surface area (Å²) in [6, 6.07) is 0. The first-order valence-electron chi connectivity index (χ1n) is 3.26. The first-order valence-corrected chi connectivity index (χ1v) is 3.26. The topological polar surface area (TPSA) is 58.3 Å². The molecule has 0 aliphatic carbocycles. The fourth-order valence-corrected chi connectivity index (χ4v) is 0.569. The monoisotopic (exact) mass is 144 g/mol. The van der Waals surface area contributed by atoms with E-state index in [2.05, 4.69) is 5.32 Å². The van der Waals surface area contributed by atoms with Gasteiger partial charge in [0.2, 0.25) is 0 Å². The van der Waals surface area contributed by atoms with Gasteiger partial charge in [-0.15, -0.1) is 0 Å². The van der Waals surface area contributed by atoms with Crippen LogP contribution >= 0.6 is 0 Å². The Morgan fingerprint density at radius 2 is 1.80 bits per heavy atom. The summed E-state index contributed by atoms with van der Waals surface area (Å²) in [6.07, 6.45) is 0. The number of rotatable bonds is 2. The minimum atomic E-state index is -1.35. The predicted molar refractivity (Wildman–Crippen MR) is 42.2 cm³/mol. The molecule has 4 N–H and O–H groups in total. The Bertz CT molecular complexity index is 146. The molecule has 3 nitrogen and oxygen atoms in total. The Morgan fingerprint density at radius 1 is 1.40 bits per heavy atom. The molecule has 0 aliphatic rings. The second-order valence-corrected chi connectivity index (χ2v) is 2.64. The maximum absolute atomic E-state index is 9.37. The number of nitrogens with two attached hydrogens (primary N) is 1. The van der Waals surface area contributed by atoms with Crippen molar-refractivity contribution in [2.75, 3.05) is 7.05 Å². The number of aliphatic hydroxyl groups is 1. The largest absolute Gasteiger partial charge is 0.360 e. The molecule has 0 heterocycles. The van der Waals surface area contributed by atoms with E-state index in [0.29, 0.717) is 0 Å². The zero-order valence-electron chi connectivity index (χ0n) is 7.02. The Balaban J connectivity index is 4.49. The van der Waals surface area contributed by atoms with Gasteiger partial charge >= 0.3 is 0 Å². The summed E-state index contributed by atoms with van der Waals surface area (Å²) < 4.78 is 0. The summed E-state index contributed by atoms with van der Waals surface area (Å²) in [5.74, 6) is -1.35. The van der Waals surface area contributed by atoms with Crippen LogP contribution in [0, 0.1) is 0 Å². The lowest BCUT2D eigenvalue weighted by atomic mass is 10.1. The zero-order valence-corrected chi connectivity index (χ0v) is 7.02. The van der Waals surface area contributed by atoms with Gasteiger partial charge in [-0.3, -0.25) is 11.1 Å². The van der Waals surface area contributed by atoms with Crippen LogP contribution in [0.3, 0.4) is 0 Å². The third kappa shape index (κ3) is 2.10. The van der Waals surface area contributed by atoms with Gasteiger partial charge in [0.25, 0.3) is 0 Å². The molecular formula is C7H16N2O. The van der Waals surface area contributed by atoms with Crippen molar-refractivity contribution in [1.82, 2.24) is 5.32 Å². The van der Waals surface area contributed by atoms with Crippen LogP contribution in [-0.2, 0) is 0 Å². The molecule has 0 amide bonds. The second kappa shape index (κ2) is 3.14.